The van der Waals surface area contributed by atoms with E-state index < -0.39 is 0 Å². The number of hydrogen-bond acceptors (Lipinski definition) is 2. The Morgan fingerprint density at radius 3 is 3.00 bits per heavy atom. The first-order valence-electron chi connectivity index (χ1n) is 6.87. The maximum absolute atomic E-state index is 11.7. The fraction of sp³-hybridized carbons (Fsp3) is 0.118. The zero-order valence-corrected chi connectivity index (χ0v) is 11.5. The molecule has 0 radical (unpaired) electrons. The Bertz CT molecular complexity index is 754. The molecule has 0 aliphatic rings. The second-order valence-electron chi connectivity index (χ2n) is 4.75. The van der Waals surface area contributed by atoms with Crippen molar-refractivity contribution in [2.24, 2.45) is 0 Å². The number of carbonyl (C=O) groups excluding carboxylic acids is 1. The van der Waals surface area contributed by atoms with Gasteiger partial charge in [0.15, 0.2) is 0 Å². The zero-order valence-electron chi connectivity index (χ0n) is 11.5. The van der Waals surface area contributed by atoms with Crippen molar-refractivity contribution < 1.29 is 9.21 Å². The summed E-state index contributed by atoms with van der Waals surface area (Å²) in [4.78, 5) is 14.9. The van der Waals surface area contributed by atoms with Crippen molar-refractivity contribution in [3.8, 4) is 0 Å². The number of amides is 1. The zero-order chi connectivity index (χ0) is 14.5. The van der Waals surface area contributed by atoms with Crippen LogP contribution in [0.25, 0.3) is 17.0 Å². The molecule has 2 aromatic heterocycles. The third-order valence-electron chi connectivity index (χ3n) is 3.31. The third-order valence-corrected chi connectivity index (χ3v) is 3.31. The van der Waals surface area contributed by atoms with E-state index in [1.54, 1.807) is 24.5 Å². The molecule has 0 fully saturated rings. The molecule has 0 saturated carbocycles. The van der Waals surface area contributed by atoms with Gasteiger partial charge in [-0.3, -0.25) is 4.79 Å². The average molecular weight is 280 g/mol. The van der Waals surface area contributed by atoms with Crippen LogP contribution in [0.4, 0.5) is 0 Å². The summed E-state index contributed by atoms with van der Waals surface area (Å²) in [5, 5.41) is 4.07. The molecule has 2 heterocycles. The van der Waals surface area contributed by atoms with Crippen LogP contribution in [0.15, 0.2) is 59.4 Å². The van der Waals surface area contributed by atoms with Gasteiger partial charge in [0.2, 0.25) is 5.91 Å². The van der Waals surface area contributed by atoms with Crippen molar-refractivity contribution >= 4 is 22.9 Å². The first-order chi connectivity index (χ1) is 10.3. The van der Waals surface area contributed by atoms with Crippen molar-refractivity contribution in [2.45, 2.75) is 6.42 Å². The molecule has 1 aromatic carbocycles. The number of aromatic nitrogens is 1. The number of furan rings is 1. The summed E-state index contributed by atoms with van der Waals surface area (Å²) in [5.74, 6) is 0.549. The quantitative estimate of drug-likeness (QED) is 0.705. The minimum Gasteiger partial charge on any atom is -0.465 e. The van der Waals surface area contributed by atoms with Crippen LogP contribution in [-0.2, 0) is 11.2 Å². The van der Waals surface area contributed by atoms with Gasteiger partial charge in [-0.05, 0) is 36.3 Å². The van der Waals surface area contributed by atoms with Crippen molar-refractivity contribution in [3.63, 3.8) is 0 Å². The Labute approximate surface area is 122 Å². The van der Waals surface area contributed by atoms with E-state index in [1.807, 2.05) is 24.4 Å². The Balaban J connectivity index is 1.53. The van der Waals surface area contributed by atoms with Crippen molar-refractivity contribution in [1.82, 2.24) is 10.3 Å². The smallest absolute Gasteiger partial charge is 0.244 e. The molecule has 106 valence electrons. The van der Waals surface area contributed by atoms with Gasteiger partial charge in [-0.1, -0.05) is 18.2 Å². The van der Waals surface area contributed by atoms with Gasteiger partial charge in [-0.2, -0.15) is 0 Å². The Morgan fingerprint density at radius 1 is 1.24 bits per heavy atom. The lowest BCUT2D eigenvalue weighted by Gasteiger charge is -2.01. The van der Waals surface area contributed by atoms with E-state index in [2.05, 4.69) is 16.4 Å². The number of fused-ring (bicyclic) bond motifs is 1. The van der Waals surface area contributed by atoms with E-state index in [0.717, 1.165) is 11.9 Å². The number of H-pyrrole nitrogens is 1. The maximum atomic E-state index is 11.7. The van der Waals surface area contributed by atoms with Crippen molar-refractivity contribution in [3.05, 3.63) is 66.3 Å². The van der Waals surface area contributed by atoms with E-state index >= 15 is 0 Å². The van der Waals surface area contributed by atoms with Crippen LogP contribution in [0.2, 0.25) is 0 Å². The van der Waals surface area contributed by atoms with E-state index in [0.29, 0.717) is 12.3 Å². The molecule has 0 unspecified atom stereocenters. The van der Waals surface area contributed by atoms with Gasteiger partial charge in [-0.25, -0.2) is 0 Å². The van der Waals surface area contributed by atoms with Gasteiger partial charge < -0.3 is 14.7 Å². The Morgan fingerprint density at radius 2 is 2.14 bits per heavy atom. The number of para-hydroxylation sites is 1. The summed E-state index contributed by atoms with van der Waals surface area (Å²) < 4.78 is 5.12. The Kier molecular flexibility index (Phi) is 3.87. The molecule has 0 saturated heterocycles. The van der Waals surface area contributed by atoms with Crippen molar-refractivity contribution in [2.75, 3.05) is 6.54 Å². The summed E-state index contributed by atoms with van der Waals surface area (Å²) in [7, 11) is 0. The van der Waals surface area contributed by atoms with Crippen LogP contribution in [0.1, 0.15) is 11.3 Å². The van der Waals surface area contributed by atoms with Crippen LogP contribution < -0.4 is 5.32 Å². The predicted molar refractivity (Wildman–Crippen MR) is 82.8 cm³/mol. The second-order valence-corrected chi connectivity index (χ2v) is 4.75. The lowest BCUT2D eigenvalue weighted by molar-refractivity contribution is -0.116. The molecule has 3 aromatic rings. The van der Waals surface area contributed by atoms with Gasteiger partial charge in [0.05, 0.1) is 6.26 Å². The molecule has 4 nitrogen and oxygen atoms in total. The summed E-state index contributed by atoms with van der Waals surface area (Å²) in [6.45, 7) is 0.600. The predicted octanol–water partition coefficient (Wildman–Crippen LogP) is 3.13. The highest BCUT2D eigenvalue weighted by molar-refractivity contribution is 5.91. The maximum Gasteiger partial charge on any atom is 0.244 e. The molecule has 0 atom stereocenters. The number of rotatable bonds is 5. The van der Waals surface area contributed by atoms with Crippen molar-refractivity contribution in [1.29, 1.82) is 0 Å². The molecular formula is C17H16N2O2. The van der Waals surface area contributed by atoms with Crippen LogP contribution in [0, 0.1) is 0 Å². The van der Waals surface area contributed by atoms with E-state index in [9.17, 15) is 4.79 Å². The van der Waals surface area contributed by atoms with Gasteiger partial charge in [0.1, 0.15) is 5.76 Å². The van der Waals surface area contributed by atoms with E-state index in [4.69, 9.17) is 4.42 Å². The standard InChI is InChI=1S/C17H16N2O2/c20-17(8-7-14-4-3-11-21-14)18-10-9-13-12-19-16-6-2-1-5-15(13)16/h1-8,11-12,19H,9-10H2,(H,18,20). The highest BCUT2D eigenvalue weighted by Crippen LogP contribution is 2.17. The topological polar surface area (TPSA) is 58.0 Å². The minimum absolute atomic E-state index is 0.119. The van der Waals surface area contributed by atoms with Crippen LogP contribution >= 0.6 is 0 Å². The Hall–Kier alpha value is -2.75. The largest absolute Gasteiger partial charge is 0.465 e. The number of carbonyl (C=O) groups is 1. The van der Waals surface area contributed by atoms with Crippen LogP contribution in [0.3, 0.4) is 0 Å². The fourth-order valence-electron chi connectivity index (χ4n) is 2.26. The molecule has 0 spiro atoms. The minimum atomic E-state index is -0.119. The fourth-order valence-corrected chi connectivity index (χ4v) is 2.26. The first-order valence-corrected chi connectivity index (χ1v) is 6.87. The highest BCUT2D eigenvalue weighted by atomic mass is 16.3. The molecule has 4 heteroatoms. The van der Waals surface area contributed by atoms with Gasteiger partial charge in [-0.15, -0.1) is 0 Å². The number of benzene rings is 1. The SMILES string of the molecule is O=C(C=Cc1ccco1)NCCc1c[nH]c2ccccc12. The molecule has 0 aliphatic heterocycles. The average Bonchev–Trinajstić information content (AvgIpc) is 3.15. The lowest BCUT2D eigenvalue weighted by atomic mass is 10.1. The van der Waals surface area contributed by atoms with Gasteiger partial charge in [0, 0.05) is 29.7 Å². The van der Waals surface area contributed by atoms with E-state index in [-0.39, 0.29) is 5.91 Å². The number of nitrogens with one attached hydrogen (secondary N) is 2. The van der Waals surface area contributed by atoms with E-state index in [1.165, 1.54) is 17.0 Å². The van der Waals surface area contributed by atoms with Crippen LogP contribution in [0.5, 0.6) is 0 Å². The highest BCUT2D eigenvalue weighted by Gasteiger charge is 2.03. The first kappa shape index (κ1) is 13.2. The summed E-state index contributed by atoms with van der Waals surface area (Å²) >= 11 is 0. The van der Waals surface area contributed by atoms with Crippen LogP contribution in [-0.4, -0.2) is 17.4 Å². The normalized spacial score (nSPS) is 11.2. The third kappa shape index (κ3) is 3.23. The second kappa shape index (κ2) is 6.13. The van der Waals surface area contributed by atoms with Gasteiger partial charge >= 0.3 is 0 Å². The summed E-state index contributed by atoms with van der Waals surface area (Å²) in [6, 6.07) is 11.7. The van der Waals surface area contributed by atoms with Gasteiger partial charge in [0.25, 0.3) is 0 Å². The molecule has 21 heavy (non-hydrogen) atoms. The number of hydrogen-bond donors (Lipinski definition) is 2. The molecule has 3 rings (SSSR count). The molecule has 0 bridgehead atoms. The molecule has 0 aliphatic carbocycles. The monoisotopic (exact) mass is 280 g/mol. The molecule has 1 amide bonds. The molecular weight excluding hydrogens is 264 g/mol. The summed E-state index contributed by atoms with van der Waals surface area (Å²) in [6.07, 6.45) is 7.50. The summed E-state index contributed by atoms with van der Waals surface area (Å²) in [5.41, 5.74) is 2.33. The number of aromatic amines is 1. The molecule has 2 N–H and O–H groups in total. The lowest BCUT2D eigenvalue weighted by Crippen LogP contribution is -2.23.